The maximum Gasteiger partial charge on any atom is 0.514 e. The molecule has 3 heterocycles. The summed E-state index contributed by atoms with van der Waals surface area (Å²) in [7, 11) is -0.673. The molecule has 0 aliphatic carbocycles. The Morgan fingerprint density at radius 2 is 1.76 bits per heavy atom. The summed E-state index contributed by atoms with van der Waals surface area (Å²) in [5.74, 6) is 0. The number of hydrogen-bond acceptors (Lipinski definition) is 7. The van der Waals surface area contributed by atoms with Crippen LogP contribution in [0.15, 0.2) is 42.5 Å². The van der Waals surface area contributed by atoms with E-state index in [0.717, 1.165) is 11.1 Å². The third-order valence-electron chi connectivity index (χ3n) is 6.94. The van der Waals surface area contributed by atoms with Crippen LogP contribution in [0.4, 0.5) is 4.79 Å². The number of carbonyl (C=O) groups is 1. The highest BCUT2D eigenvalue weighted by Gasteiger charge is 2.52. The average Bonchev–Trinajstić information content (AvgIpc) is 3.05. The van der Waals surface area contributed by atoms with E-state index in [0.29, 0.717) is 37.0 Å². The third kappa shape index (κ3) is 7.07. The molecule has 1 aromatic heterocycles. The van der Waals surface area contributed by atoms with Gasteiger partial charge in [-0.2, -0.15) is 0 Å². The van der Waals surface area contributed by atoms with Gasteiger partial charge in [-0.1, -0.05) is 41.9 Å². The molecule has 0 N–H and O–H groups in total. The van der Waals surface area contributed by atoms with Gasteiger partial charge >= 0.3 is 13.2 Å². The minimum Gasteiger partial charge on any atom is -0.444 e. The standard InChI is InChI=1S/C28H38BClN2O6/c1-26(2,3)36-25(33)32-15-21(18-34-17-19-11-9-8-10-12-19)35-22(16-32)20-13-23(31-24(30)14-20)29-37-27(4,5)28(6,7)38-29/h8-14,21-22H,15-18H2,1-7H3/t21-,22-/m0/s1. The summed E-state index contributed by atoms with van der Waals surface area (Å²) < 4.78 is 30.4. The molecule has 0 radical (unpaired) electrons. The Morgan fingerprint density at radius 3 is 2.39 bits per heavy atom. The molecule has 0 spiro atoms. The van der Waals surface area contributed by atoms with Gasteiger partial charge in [0, 0.05) is 0 Å². The second-order valence-electron chi connectivity index (χ2n) is 11.9. The highest BCUT2D eigenvalue weighted by molar-refractivity contribution is 6.61. The Balaban J connectivity index is 1.54. The van der Waals surface area contributed by atoms with Crippen molar-refractivity contribution < 1.29 is 28.3 Å². The third-order valence-corrected chi connectivity index (χ3v) is 7.13. The Hall–Kier alpha value is -2.17. The Morgan fingerprint density at radius 1 is 1.11 bits per heavy atom. The van der Waals surface area contributed by atoms with Crippen LogP contribution < -0.4 is 5.59 Å². The zero-order chi connectivity index (χ0) is 27.7. The molecule has 206 valence electrons. The van der Waals surface area contributed by atoms with E-state index in [1.807, 2.05) is 84.9 Å². The predicted molar refractivity (Wildman–Crippen MR) is 146 cm³/mol. The number of benzene rings is 1. The van der Waals surface area contributed by atoms with Crippen LogP contribution in [0.25, 0.3) is 0 Å². The van der Waals surface area contributed by atoms with Crippen molar-refractivity contribution in [3.63, 3.8) is 0 Å². The molecule has 2 aliphatic rings. The molecule has 0 saturated carbocycles. The number of morpholine rings is 1. The van der Waals surface area contributed by atoms with Crippen molar-refractivity contribution in [2.45, 2.75) is 84.1 Å². The molecule has 8 nitrogen and oxygen atoms in total. The molecule has 10 heteroatoms. The monoisotopic (exact) mass is 544 g/mol. The van der Waals surface area contributed by atoms with E-state index in [1.54, 1.807) is 11.0 Å². The van der Waals surface area contributed by atoms with Crippen molar-refractivity contribution >= 4 is 30.4 Å². The number of nitrogens with zero attached hydrogens (tertiary/aromatic N) is 2. The Labute approximate surface area is 231 Å². The van der Waals surface area contributed by atoms with Gasteiger partial charge in [0.15, 0.2) is 0 Å². The Bertz CT molecular complexity index is 1110. The molecule has 2 fully saturated rings. The molecule has 2 aliphatic heterocycles. The van der Waals surface area contributed by atoms with Crippen molar-refractivity contribution in [2.24, 2.45) is 0 Å². The van der Waals surface area contributed by atoms with E-state index >= 15 is 0 Å². The van der Waals surface area contributed by atoms with Crippen molar-refractivity contribution in [1.82, 2.24) is 9.88 Å². The van der Waals surface area contributed by atoms with E-state index < -0.39 is 36.1 Å². The first kappa shape index (κ1) is 28.8. The van der Waals surface area contributed by atoms with Gasteiger partial charge in [-0.05, 0) is 71.7 Å². The van der Waals surface area contributed by atoms with Crippen LogP contribution in [0.3, 0.4) is 0 Å². The molecule has 0 bridgehead atoms. The van der Waals surface area contributed by atoms with Crippen molar-refractivity contribution in [1.29, 1.82) is 0 Å². The zero-order valence-corrected chi connectivity index (χ0v) is 24.1. The fourth-order valence-electron chi connectivity index (χ4n) is 4.28. The van der Waals surface area contributed by atoms with Gasteiger partial charge in [0.2, 0.25) is 0 Å². The molecule has 0 unspecified atom stereocenters. The summed E-state index contributed by atoms with van der Waals surface area (Å²) in [6.07, 6.45) is -1.23. The van der Waals surface area contributed by atoms with Crippen LogP contribution in [-0.4, -0.2) is 65.7 Å². The van der Waals surface area contributed by atoms with E-state index in [9.17, 15) is 4.79 Å². The highest BCUT2D eigenvalue weighted by atomic mass is 35.5. The molecular weight excluding hydrogens is 507 g/mol. The maximum absolute atomic E-state index is 13.0. The first-order valence-electron chi connectivity index (χ1n) is 13.0. The molecule has 38 heavy (non-hydrogen) atoms. The number of halogens is 1. The largest absolute Gasteiger partial charge is 0.514 e. The van der Waals surface area contributed by atoms with E-state index in [-0.39, 0.29) is 6.10 Å². The number of carbonyl (C=O) groups excluding carboxylic acids is 1. The molecule has 2 saturated heterocycles. The number of hydrogen-bond donors (Lipinski definition) is 0. The summed E-state index contributed by atoms with van der Waals surface area (Å²) in [4.78, 5) is 19.2. The molecule has 1 amide bonds. The number of rotatable bonds is 6. The van der Waals surface area contributed by atoms with E-state index in [2.05, 4.69) is 4.98 Å². The van der Waals surface area contributed by atoms with E-state index in [1.165, 1.54) is 0 Å². The molecule has 1 aromatic carbocycles. The topological polar surface area (TPSA) is 79.4 Å². The summed E-state index contributed by atoms with van der Waals surface area (Å²) in [6.45, 7) is 14.9. The van der Waals surface area contributed by atoms with Crippen molar-refractivity contribution in [3.8, 4) is 0 Å². The van der Waals surface area contributed by atoms with Crippen molar-refractivity contribution in [2.75, 3.05) is 19.7 Å². The predicted octanol–water partition coefficient (Wildman–Crippen LogP) is 4.93. The summed E-state index contributed by atoms with van der Waals surface area (Å²) in [5, 5.41) is 0.294. The Kier molecular flexibility index (Phi) is 8.45. The van der Waals surface area contributed by atoms with Crippen LogP contribution in [0.2, 0.25) is 5.15 Å². The molecule has 4 rings (SSSR count). The molecule has 2 aromatic rings. The SMILES string of the molecule is CC(C)(C)OC(=O)N1C[C@@H](COCc2ccccc2)O[C@H](c2cc(Cl)nc(B3OC(C)(C)C(C)(C)O3)c2)C1. The summed E-state index contributed by atoms with van der Waals surface area (Å²) in [6, 6.07) is 13.6. The lowest BCUT2D eigenvalue weighted by atomic mass is 9.83. The van der Waals surface area contributed by atoms with Gasteiger partial charge < -0.3 is 28.4 Å². The second-order valence-corrected chi connectivity index (χ2v) is 12.3. The molecular formula is C28H38BClN2O6. The fourth-order valence-corrected chi connectivity index (χ4v) is 4.50. The van der Waals surface area contributed by atoms with Gasteiger partial charge in [-0.15, -0.1) is 0 Å². The van der Waals surface area contributed by atoms with E-state index in [4.69, 9.17) is 35.1 Å². The normalized spacial score (nSPS) is 22.9. The minimum atomic E-state index is -0.673. The van der Waals surface area contributed by atoms with Crippen LogP contribution in [0.5, 0.6) is 0 Å². The van der Waals surface area contributed by atoms with Gasteiger partial charge in [0.05, 0.1) is 49.2 Å². The fraction of sp³-hybridized carbons (Fsp3) is 0.571. The number of amides is 1. The zero-order valence-electron chi connectivity index (χ0n) is 23.3. The summed E-state index contributed by atoms with van der Waals surface area (Å²) in [5.41, 5.74) is 0.748. The quantitative estimate of drug-likeness (QED) is 0.377. The first-order valence-corrected chi connectivity index (χ1v) is 13.4. The van der Waals surface area contributed by atoms with Gasteiger partial charge in [-0.3, -0.25) is 0 Å². The summed E-state index contributed by atoms with van der Waals surface area (Å²) >= 11 is 6.46. The van der Waals surface area contributed by atoms with Crippen molar-refractivity contribution in [3.05, 3.63) is 58.7 Å². The lowest BCUT2D eigenvalue weighted by Gasteiger charge is -2.38. The second kappa shape index (κ2) is 11.1. The number of ether oxygens (including phenoxy) is 3. The van der Waals surface area contributed by atoms with Gasteiger partial charge in [0.1, 0.15) is 16.9 Å². The highest BCUT2D eigenvalue weighted by Crippen LogP contribution is 2.37. The van der Waals surface area contributed by atoms with Crippen LogP contribution in [0, 0.1) is 0 Å². The van der Waals surface area contributed by atoms with Crippen LogP contribution in [0.1, 0.15) is 65.7 Å². The molecule has 2 atom stereocenters. The van der Waals surface area contributed by atoms with Crippen LogP contribution in [-0.2, 0) is 30.1 Å². The smallest absolute Gasteiger partial charge is 0.444 e. The maximum atomic E-state index is 13.0. The lowest BCUT2D eigenvalue weighted by Crippen LogP contribution is -2.50. The van der Waals surface area contributed by atoms with Crippen LogP contribution >= 0.6 is 11.6 Å². The average molecular weight is 545 g/mol. The number of aromatic nitrogens is 1. The van der Waals surface area contributed by atoms with Gasteiger partial charge in [0.25, 0.3) is 0 Å². The first-order chi connectivity index (χ1) is 17.7. The number of pyridine rings is 1. The minimum absolute atomic E-state index is 0.294. The van der Waals surface area contributed by atoms with Gasteiger partial charge in [-0.25, -0.2) is 9.78 Å². The lowest BCUT2D eigenvalue weighted by molar-refractivity contribution is -0.116.